The minimum Gasteiger partial charge on any atom is -0.488 e. The second kappa shape index (κ2) is 10.9. The van der Waals surface area contributed by atoms with Crippen molar-refractivity contribution in [3.63, 3.8) is 0 Å². The number of allylic oxidation sites excluding steroid dienone is 1. The summed E-state index contributed by atoms with van der Waals surface area (Å²) in [5.74, 6) is 1.42. The monoisotopic (exact) mass is 449 g/mol. The average molecular weight is 450 g/mol. The van der Waals surface area contributed by atoms with Crippen LogP contribution in [0.15, 0.2) is 53.7 Å². The Balaban J connectivity index is 1.58. The summed E-state index contributed by atoms with van der Waals surface area (Å²) in [6.07, 6.45) is 3.57. The third-order valence-electron chi connectivity index (χ3n) is 6.27. The molecule has 1 fully saturated rings. The Hall–Kier alpha value is -2.76. The van der Waals surface area contributed by atoms with Crippen LogP contribution in [0.5, 0.6) is 11.5 Å². The van der Waals surface area contributed by atoms with Gasteiger partial charge in [-0.15, -0.1) is 0 Å². The van der Waals surface area contributed by atoms with Gasteiger partial charge in [0, 0.05) is 30.6 Å². The Labute approximate surface area is 196 Å². The summed E-state index contributed by atoms with van der Waals surface area (Å²) in [6, 6.07) is 12.5. The van der Waals surface area contributed by atoms with Gasteiger partial charge in [0.2, 0.25) is 5.75 Å². The van der Waals surface area contributed by atoms with Crippen molar-refractivity contribution in [1.29, 1.82) is 0 Å². The summed E-state index contributed by atoms with van der Waals surface area (Å²) in [5.41, 5.74) is 5.13. The van der Waals surface area contributed by atoms with Gasteiger partial charge in [0.15, 0.2) is 11.3 Å². The first-order chi connectivity index (χ1) is 16.0. The van der Waals surface area contributed by atoms with Crippen LogP contribution in [0.4, 0.5) is 0 Å². The van der Waals surface area contributed by atoms with Crippen LogP contribution >= 0.6 is 0 Å². The van der Waals surface area contributed by atoms with E-state index < -0.39 is 0 Å². The number of hydrogen-bond donors (Lipinski definition) is 0. The molecule has 0 amide bonds. The maximum absolute atomic E-state index is 6.53. The van der Waals surface area contributed by atoms with Gasteiger partial charge in [-0.05, 0) is 56.4 Å². The van der Waals surface area contributed by atoms with E-state index in [9.17, 15) is 0 Å². The van der Waals surface area contributed by atoms with Gasteiger partial charge in [0.25, 0.3) is 0 Å². The molecule has 0 spiro atoms. The molecule has 5 heteroatoms. The Kier molecular flexibility index (Phi) is 7.73. The first-order valence-electron chi connectivity index (χ1n) is 11.9. The normalized spacial score (nSPS) is 15.5. The smallest absolute Gasteiger partial charge is 0.205 e. The van der Waals surface area contributed by atoms with Gasteiger partial charge in [0.05, 0.1) is 25.6 Å². The predicted molar refractivity (Wildman–Crippen MR) is 133 cm³/mol. The fraction of sp³-hybridized carbons (Fsp3) is 0.429. The van der Waals surface area contributed by atoms with E-state index in [1.165, 1.54) is 5.56 Å². The van der Waals surface area contributed by atoms with Gasteiger partial charge < -0.3 is 18.6 Å². The van der Waals surface area contributed by atoms with E-state index in [1.807, 2.05) is 19.1 Å². The lowest BCUT2D eigenvalue weighted by atomic mass is 9.97. The Morgan fingerprint density at radius 3 is 2.61 bits per heavy atom. The number of rotatable bonds is 10. The standard InChI is InChI=1S/C28H35NO4/c1-20(2)25-22(4)24-12-16-31-26(24)28(27(25)32-19-15-29-13-17-30-18-14-29)33-21(3)10-11-23-8-6-5-7-9-23/h5-9,12,16,21H,1,10-11,13-15,17-19H2,2-4H3. The SMILES string of the molecule is C=C(C)c1c(OCCN2CCOCC2)c(OC(C)CCc2ccccc2)c2occc2c1C. The molecule has 0 bridgehead atoms. The molecule has 1 unspecified atom stereocenters. The fourth-order valence-corrected chi connectivity index (χ4v) is 4.44. The molecule has 3 aromatic rings. The summed E-state index contributed by atoms with van der Waals surface area (Å²) in [7, 11) is 0. The van der Waals surface area contributed by atoms with Crippen LogP contribution in [0.1, 0.15) is 37.0 Å². The first kappa shape index (κ1) is 23.4. The quantitative estimate of drug-likeness (QED) is 0.386. The molecule has 1 aliphatic rings. The molecule has 0 radical (unpaired) electrons. The zero-order valence-corrected chi connectivity index (χ0v) is 20.1. The van der Waals surface area contributed by atoms with Gasteiger partial charge >= 0.3 is 0 Å². The maximum Gasteiger partial charge on any atom is 0.205 e. The van der Waals surface area contributed by atoms with Crippen LogP contribution in [-0.4, -0.2) is 50.5 Å². The second-order valence-corrected chi connectivity index (χ2v) is 8.86. The van der Waals surface area contributed by atoms with Crippen molar-refractivity contribution < 1.29 is 18.6 Å². The molecule has 4 rings (SSSR count). The third kappa shape index (κ3) is 5.60. The van der Waals surface area contributed by atoms with Gasteiger partial charge in [-0.2, -0.15) is 0 Å². The van der Waals surface area contributed by atoms with Crippen LogP contribution in [0.2, 0.25) is 0 Å². The van der Waals surface area contributed by atoms with E-state index in [2.05, 4.69) is 49.6 Å². The molecule has 0 saturated carbocycles. The molecule has 1 atom stereocenters. The first-order valence-corrected chi connectivity index (χ1v) is 11.9. The number of ether oxygens (including phenoxy) is 3. The van der Waals surface area contributed by atoms with Gasteiger partial charge in [0.1, 0.15) is 6.61 Å². The summed E-state index contributed by atoms with van der Waals surface area (Å²) < 4.78 is 24.3. The van der Waals surface area contributed by atoms with E-state index >= 15 is 0 Å². The molecule has 176 valence electrons. The minimum absolute atomic E-state index is 0.000719. The lowest BCUT2D eigenvalue weighted by molar-refractivity contribution is 0.0319. The molecule has 0 N–H and O–H groups in total. The molecular weight excluding hydrogens is 414 g/mol. The van der Waals surface area contributed by atoms with Crippen LogP contribution in [0, 0.1) is 6.92 Å². The summed E-state index contributed by atoms with van der Waals surface area (Å²) in [4.78, 5) is 2.37. The molecule has 0 aliphatic carbocycles. The zero-order chi connectivity index (χ0) is 23.2. The molecule has 2 aromatic carbocycles. The topological polar surface area (TPSA) is 44.1 Å². The Morgan fingerprint density at radius 2 is 1.88 bits per heavy atom. The summed E-state index contributed by atoms with van der Waals surface area (Å²) in [6.45, 7) is 15.3. The van der Waals surface area contributed by atoms with E-state index in [1.54, 1.807) is 6.26 Å². The van der Waals surface area contributed by atoms with E-state index in [4.69, 9.17) is 18.6 Å². The Bertz CT molecular complexity index is 1070. The number of nitrogens with zero attached hydrogens (tertiary/aromatic N) is 1. The summed E-state index contributed by atoms with van der Waals surface area (Å²) >= 11 is 0. The van der Waals surface area contributed by atoms with E-state index in [-0.39, 0.29) is 6.10 Å². The highest BCUT2D eigenvalue weighted by Crippen LogP contribution is 2.45. The number of morpholine rings is 1. The van der Waals surface area contributed by atoms with Crippen LogP contribution < -0.4 is 9.47 Å². The number of fused-ring (bicyclic) bond motifs is 1. The molecule has 1 aromatic heterocycles. The molecular formula is C28H35NO4. The van der Waals surface area contributed by atoms with Crippen LogP contribution in [-0.2, 0) is 11.2 Å². The van der Waals surface area contributed by atoms with Crippen molar-refractivity contribution in [2.75, 3.05) is 39.5 Å². The van der Waals surface area contributed by atoms with Crippen molar-refractivity contribution in [2.45, 2.75) is 39.7 Å². The van der Waals surface area contributed by atoms with Gasteiger partial charge in [-0.3, -0.25) is 4.90 Å². The van der Waals surface area contributed by atoms with Crippen LogP contribution in [0.3, 0.4) is 0 Å². The second-order valence-electron chi connectivity index (χ2n) is 8.86. The molecule has 2 heterocycles. The maximum atomic E-state index is 6.53. The van der Waals surface area contributed by atoms with Gasteiger partial charge in [-0.25, -0.2) is 0 Å². The van der Waals surface area contributed by atoms with Crippen molar-refractivity contribution in [1.82, 2.24) is 4.90 Å². The highest BCUT2D eigenvalue weighted by molar-refractivity contribution is 5.95. The largest absolute Gasteiger partial charge is 0.488 e. The highest BCUT2D eigenvalue weighted by Gasteiger charge is 2.24. The molecule has 33 heavy (non-hydrogen) atoms. The number of aryl methyl sites for hydroxylation is 2. The predicted octanol–water partition coefficient (Wildman–Crippen LogP) is 5.89. The van der Waals surface area contributed by atoms with E-state index in [0.29, 0.717) is 12.4 Å². The average Bonchev–Trinajstić information content (AvgIpc) is 3.32. The number of hydrogen-bond acceptors (Lipinski definition) is 5. The minimum atomic E-state index is 0.000719. The van der Waals surface area contributed by atoms with Crippen LogP contribution in [0.25, 0.3) is 16.5 Å². The highest BCUT2D eigenvalue weighted by atomic mass is 16.5. The van der Waals surface area contributed by atoms with E-state index in [0.717, 1.165) is 79.1 Å². The number of furan rings is 1. The van der Waals surface area contributed by atoms with Crippen molar-refractivity contribution in [2.24, 2.45) is 0 Å². The lowest BCUT2D eigenvalue weighted by Crippen LogP contribution is -2.38. The molecule has 1 aliphatic heterocycles. The summed E-state index contributed by atoms with van der Waals surface area (Å²) in [5, 5.41) is 1.04. The van der Waals surface area contributed by atoms with Gasteiger partial charge in [-0.1, -0.05) is 36.9 Å². The van der Waals surface area contributed by atoms with Crippen molar-refractivity contribution >= 4 is 16.5 Å². The molecule has 1 saturated heterocycles. The zero-order valence-electron chi connectivity index (χ0n) is 20.1. The van der Waals surface area contributed by atoms with Crippen molar-refractivity contribution in [3.8, 4) is 11.5 Å². The fourth-order valence-electron chi connectivity index (χ4n) is 4.44. The molecule has 5 nitrogen and oxygen atoms in total. The number of benzene rings is 2. The third-order valence-corrected chi connectivity index (χ3v) is 6.27. The van der Waals surface area contributed by atoms with Crippen molar-refractivity contribution in [3.05, 3.63) is 65.9 Å². The lowest BCUT2D eigenvalue weighted by Gasteiger charge is -2.27. The Morgan fingerprint density at radius 1 is 1.12 bits per heavy atom.